The van der Waals surface area contributed by atoms with E-state index in [-0.39, 0.29) is 37.5 Å². The van der Waals surface area contributed by atoms with E-state index in [0.29, 0.717) is 19.3 Å². The van der Waals surface area contributed by atoms with E-state index in [0.717, 1.165) is 70.6 Å². The van der Waals surface area contributed by atoms with E-state index in [2.05, 4.69) is 63.3 Å². The van der Waals surface area contributed by atoms with Crippen LogP contribution in [-0.2, 0) is 28.6 Å². The van der Waals surface area contributed by atoms with Crippen LogP contribution in [0.1, 0.15) is 284 Å². The highest BCUT2D eigenvalue weighted by molar-refractivity contribution is 5.71. The van der Waals surface area contributed by atoms with Crippen molar-refractivity contribution in [1.29, 1.82) is 0 Å². The Balaban J connectivity index is 4.36. The SMILES string of the molecule is CC/C=C\C/C=C\CCCCCCCCCC(=O)OC(COC(=O)CC/C=C\C/C=C\CCCCCCCC)COC(=O)CCCCCCCCCCCCCCCCCCCCC. The van der Waals surface area contributed by atoms with E-state index in [4.69, 9.17) is 14.2 Å². The molecule has 0 heterocycles. The molecule has 0 fully saturated rings. The van der Waals surface area contributed by atoms with Crippen LogP contribution in [0.25, 0.3) is 0 Å². The zero-order chi connectivity index (χ0) is 46.5. The van der Waals surface area contributed by atoms with Crippen LogP contribution in [0.15, 0.2) is 48.6 Å². The molecular weight excluding hydrogens is 793 g/mol. The molecule has 64 heavy (non-hydrogen) atoms. The molecule has 0 saturated heterocycles. The lowest BCUT2D eigenvalue weighted by Gasteiger charge is -2.18. The Labute approximate surface area is 397 Å². The Morgan fingerprint density at radius 2 is 0.641 bits per heavy atom. The zero-order valence-corrected chi connectivity index (χ0v) is 42.6. The Morgan fingerprint density at radius 3 is 1.03 bits per heavy atom. The van der Waals surface area contributed by atoms with Crippen LogP contribution in [0.4, 0.5) is 0 Å². The normalized spacial score (nSPS) is 12.4. The van der Waals surface area contributed by atoms with Gasteiger partial charge in [-0.05, 0) is 64.2 Å². The molecule has 0 aliphatic carbocycles. The van der Waals surface area contributed by atoms with Gasteiger partial charge in [0.05, 0.1) is 0 Å². The summed E-state index contributed by atoms with van der Waals surface area (Å²) in [4.78, 5) is 38.0. The fraction of sp³-hybridized carbons (Fsp3) is 0.810. The summed E-state index contributed by atoms with van der Waals surface area (Å²) in [6.07, 6.45) is 64.0. The van der Waals surface area contributed by atoms with Crippen molar-refractivity contribution in [3.05, 3.63) is 48.6 Å². The van der Waals surface area contributed by atoms with Crippen molar-refractivity contribution in [1.82, 2.24) is 0 Å². The second-order valence-corrected chi connectivity index (χ2v) is 18.5. The van der Waals surface area contributed by atoms with Crippen molar-refractivity contribution in [2.45, 2.75) is 290 Å². The van der Waals surface area contributed by atoms with Crippen molar-refractivity contribution in [3.63, 3.8) is 0 Å². The van der Waals surface area contributed by atoms with Crippen molar-refractivity contribution < 1.29 is 28.6 Å². The topological polar surface area (TPSA) is 78.9 Å². The second kappa shape index (κ2) is 53.0. The maximum atomic E-state index is 12.8. The van der Waals surface area contributed by atoms with E-state index in [1.807, 2.05) is 6.08 Å². The number of carbonyl (C=O) groups excluding carboxylic acids is 3. The fourth-order valence-electron chi connectivity index (χ4n) is 7.95. The maximum absolute atomic E-state index is 12.8. The molecule has 0 N–H and O–H groups in total. The Bertz CT molecular complexity index is 1120. The lowest BCUT2D eigenvalue weighted by Crippen LogP contribution is -2.30. The number of esters is 3. The smallest absolute Gasteiger partial charge is 0.306 e. The first-order chi connectivity index (χ1) is 31.5. The van der Waals surface area contributed by atoms with Gasteiger partial charge >= 0.3 is 17.9 Å². The average molecular weight is 897 g/mol. The van der Waals surface area contributed by atoms with Crippen LogP contribution in [-0.4, -0.2) is 37.2 Å². The fourth-order valence-corrected chi connectivity index (χ4v) is 7.95. The quantitative estimate of drug-likeness (QED) is 0.0262. The molecule has 0 bridgehead atoms. The van der Waals surface area contributed by atoms with Gasteiger partial charge in [0.25, 0.3) is 0 Å². The van der Waals surface area contributed by atoms with Crippen molar-refractivity contribution in [2.24, 2.45) is 0 Å². The van der Waals surface area contributed by atoms with Gasteiger partial charge in [-0.15, -0.1) is 0 Å². The molecule has 372 valence electrons. The van der Waals surface area contributed by atoms with E-state index in [9.17, 15) is 14.4 Å². The van der Waals surface area contributed by atoms with Crippen molar-refractivity contribution in [2.75, 3.05) is 13.2 Å². The van der Waals surface area contributed by atoms with Gasteiger partial charge in [-0.2, -0.15) is 0 Å². The highest BCUT2D eigenvalue weighted by Gasteiger charge is 2.19. The molecule has 0 saturated carbocycles. The Kier molecular flexibility index (Phi) is 50.8. The summed E-state index contributed by atoms with van der Waals surface area (Å²) >= 11 is 0. The van der Waals surface area contributed by atoms with Gasteiger partial charge in [0.2, 0.25) is 0 Å². The highest BCUT2D eigenvalue weighted by Crippen LogP contribution is 2.16. The third kappa shape index (κ3) is 50.4. The lowest BCUT2D eigenvalue weighted by molar-refractivity contribution is -0.166. The Hall–Kier alpha value is -2.63. The van der Waals surface area contributed by atoms with Crippen molar-refractivity contribution >= 4 is 17.9 Å². The summed E-state index contributed by atoms with van der Waals surface area (Å²) < 4.78 is 16.8. The molecule has 0 amide bonds. The molecule has 0 radical (unpaired) electrons. The molecule has 0 rings (SSSR count). The molecule has 0 aromatic heterocycles. The Morgan fingerprint density at radius 1 is 0.328 bits per heavy atom. The third-order valence-corrected chi connectivity index (χ3v) is 12.1. The number of rotatable bonds is 50. The molecule has 0 aromatic rings. The first-order valence-corrected chi connectivity index (χ1v) is 27.6. The van der Waals surface area contributed by atoms with Crippen molar-refractivity contribution in [3.8, 4) is 0 Å². The molecule has 0 aromatic carbocycles. The number of unbranched alkanes of at least 4 members (excludes halogenated alkanes) is 31. The monoisotopic (exact) mass is 897 g/mol. The van der Waals surface area contributed by atoms with E-state index in [1.54, 1.807) is 0 Å². The van der Waals surface area contributed by atoms with Crippen LogP contribution < -0.4 is 0 Å². The number of hydrogen-bond donors (Lipinski definition) is 0. The molecular formula is C58H104O6. The van der Waals surface area contributed by atoms with Crippen LogP contribution in [0.2, 0.25) is 0 Å². The standard InChI is InChI=1S/C58H104O6/c1-4-7-10-13-16-19-22-25-27-28-29-30-31-34-36-39-42-45-48-51-57(60)63-54-55(53-62-56(59)50-47-44-41-38-35-32-24-21-18-15-12-9-6-3)64-58(61)52-49-46-43-40-37-33-26-23-20-17-14-11-8-5-2/h8,11,17,20,32,35,41,44,55H,4-7,9-10,12-16,18-19,21-31,33-34,36-40,42-43,45-54H2,1-3H3/b11-8-,20-17-,35-32-,44-41-. The predicted octanol–water partition coefficient (Wildman–Crippen LogP) is 18.3. The largest absolute Gasteiger partial charge is 0.462 e. The van der Waals surface area contributed by atoms with Crippen LogP contribution in [0, 0.1) is 0 Å². The number of hydrogen-bond acceptors (Lipinski definition) is 6. The predicted molar refractivity (Wildman–Crippen MR) is 275 cm³/mol. The molecule has 6 nitrogen and oxygen atoms in total. The average Bonchev–Trinajstić information content (AvgIpc) is 3.29. The molecule has 0 spiro atoms. The molecule has 1 unspecified atom stereocenters. The maximum Gasteiger partial charge on any atom is 0.306 e. The van der Waals surface area contributed by atoms with Gasteiger partial charge in [0, 0.05) is 19.3 Å². The minimum absolute atomic E-state index is 0.0907. The summed E-state index contributed by atoms with van der Waals surface area (Å²) in [5, 5.41) is 0. The summed E-state index contributed by atoms with van der Waals surface area (Å²) in [6, 6.07) is 0. The van der Waals surface area contributed by atoms with Gasteiger partial charge in [-0.3, -0.25) is 14.4 Å². The van der Waals surface area contributed by atoms with Crippen LogP contribution in [0.3, 0.4) is 0 Å². The van der Waals surface area contributed by atoms with E-state index < -0.39 is 6.10 Å². The first kappa shape index (κ1) is 61.4. The zero-order valence-electron chi connectivity index (χ0n) is 42.6. The van der Waals surface area contributed by atoms with Gasteiger partial charge in [0.1, 0.15) is 13.2 Å². The summed E-state index contributed by atoms with van der Waals surface area (Å²) in [7, 11) is 0. The number of carbonyl (C=O) groups is 3. The molecule has 0 aliphatic heterocycles. The van der Waals surface area contributed by atoms with Gasteiger partial charge < -0.3 is 14.2 Å². The third-order valence-electron chi connectivity index (χ3n) is 12.1. The van der Waals surface area contributed by atoms with Crippen LogP contribution in [0.5, 0.6) is 0 Å². The minimum Gasteiger partial charge on any atom is -0.462 e. The number of allylic oxidation sites excluding steroid dienone is 8. The number of ether oxygens (including phenoxy) is 3. The highest BCUT2D eigenvalue weighted by atomic mass is 16.6. The van der Waals surface area contributed by atoms with Gasteiger partial charge in [-0.25, -0.2) is 0 Å². The first-order valence-electron chi connectivity index (χ1n) is 27.6. The second-order valence-electron chi connectivity index (χ2n) is 18.5. The van der Waals surface area contributed by atoms with Gasteiger partial charge in [0.15, 0.2) is 6.10 Å². The lowest BCUT2D eigenvalue weighted by atomic mass is 10.0. The summed E-state index contributed by atoms with van der Waals surface area (Å²) in [6.45, 7) is 6.50. The summed E-state index contributed by atoms with van der Waals surface area (Å²) in [5.74, 6) is -0.959. The van der Waals surface area contributed by atoms with Crippen LogP contribution >= 0.6 is 0 Å². The van der Waals surface area contributed by atoms with E-state index >= 15 is 0 Å². The van der Waals surface area contributed by atoms with Gasteiger partial charge in [-0.1, -0.05) is 249 Å². The molecule has 0 aliphatic rings. The summed E-state index contributed by atoms with van der Waals surface area (Å²) in [5.41, 5.74) is 0. The van der Waals surface area contributed by atoms with E-state index in [1.165, 1.54) is 167 Å². The minimum atomic E-state index is -0.797. The molecule has 1 atom stereocenters. The molecule has 6 heteroatoms.